The van der Waals surface area contributed by atoms with Gasteiger partial charge in [-0.15, -0.1) is 0 Å². The molecule has 0 saturated carbocycles. The third-order valence-electron chi connectivity index (χ3n) is 3.41. The Kier molecular flexibility index (Phi) is 2.92. The summed E-state index contributed by atoms with van der Waals surface area (Å²) >= 11 is 0. The number of aromatic nitrogens is 1. The second-order valence-corrected chi connectivity index (χ2v) is 4.36. The Hall–Kier alpha value is -1.77. The molecule has 0 spiro atoms. The van der Waals surface area contributed by atoms with E-state index in [4.69, 9.17) is 0 Å². The predicted molar refractivity (Wildman–Crippen MR) is 70.4 cm³/mol. The van der Waals surface area contributed by atoms with Crippen molar-refractivity contribution in [2.24, 2.45) is 7.05 Å². The van der Waals surface area contributed by atoms with Crippen LogP contribution in [0.1, 0.15) is 28.5 Å². The quantitative estimate of drug-likeness (QED) is 0.845. The van der Waals surface area contributed by atoms with Gasteiger partial charge >= 0.3 is 0 Å². The molecule has 17 heavy (non-hydrogen) atoms. The molecule has 0 aliphatic carbocycles. The van der Waals surface area contributed by atoms with Crippen LogP contribution in [0.2, 0.25) is 0 Å². The fourth-order valence-corrected chi connectivity index (χ4v) is 2.16. The van der Waals surface area contributed by atoms with E-state index in [-0.39, 0.29) is 5.91 Å². The highest BCUT2D eigenvalue weighted by molar-refractivity contribution is 5.99. The van der Waals surface area contributed by atoms with E-state index < -0.39 is 0 Å². The van der Waals surface area contributed by atoms with E-state index in [9.17, 15) is 4.79 Å². The van der Waals surface area contributed by atoms with Crippen LogP contribution < -0.4 is 5.32 Å². The number of nitrogens with one attached hydrogen (secondary N) is 1. The Bertz CT molecular complexity index is 581. The van der Waals surface area contributed by atoms with Gasteiger partial charge in [0.25, 0.3) is 5.91 Å². The number of amides is 1. The number of rotatable bonds is 2. The average Bonchev–Trinajstić information content (AvgIpc) is 2.55. The lowest BCUT2D eigenvalue weighted by molar-refractivity contribution is 0.0956. The van der Waals surface area contributed by atoms with Crippen molar-refractivity contribution in [2.45, 2.75) is 20.8 Å². The third-order valence-corrected chi connectivity index (χ3v) is 3.41. The molecule has 1 aromatic heterocycles. The zero-order valence-electron chi connectivity index (χ0n) is 10.8. The minimum absolute atomic E-state index is 0.00435. The van der Waals surface area contributed by atoms with E-state index >= 15 is 0 Å². The lowest BCUT2D eigenvalue weighted by Crippen LogP contribution is -2.22. The number of nitrogens with zero attached hydrogens (tertiary/aromatic N) is 1. The highest BCUT2D eigenvalue weighted by atomic mass is 16.1. The fourth-order valence-electron chi connectivity index (χ4n) is 2.16. The normalized spacial score (nSPS) is 10.8. The van der Waals surface area contributed by atoms with Crippen molar-refractivity contribution in [3.05, 3.63) is 35.0 Å². The second kappa shape index (κ2) is 4.24. The monoisotopic (exact) mass is 230 g/mol. The summed E-state index contributed by atoms with van der Waals surface area (Å²) in [6, 6.07) is 5.87. The van der Waals surface area contributed by atoms with Gasteiger partial charge in [-0.3, -0.25) is 4.79 Å². The van der Waals surface area contributed by atoms with Crippen LogP contribution in [-0.4, -0.2) is 17.0 Å². The van der Waals surface area contributed by atoms with Crippen LogP contribution in [0.25, 0.3) is 10.9 Å². The molecule has 0 unspecified atom stereocenters. The van der Waals surface area contributed by atoms with Crippen LogP contribution in [-0.2, 0) is 7.05 Å². The van der Waals surface area contributed by atoms with Crippen molar-refractivity contribution in [1.29, 1.82) is 0 Å². The smallest absolute Gasteiger partial charge is 0.251 e. The zero-order chi connectivity index (χ0) is 12.6. The number of carbonyl (C=O) groups is 1. The van der Waals surface area contributed by atoms with Crippen molar-refractivity contribution in [2.75, 3.05) is 6.54 Å². The number of hydrogen-bond acceptors (Lipinski definition) is 1. The molecule has 0 aliphatic rings. The molecule has 0 aliphatic heterocycles. The van der Waals surface area contributed by atoms with E-state index in [1.54, 1.807) is 0 Å². The summed E-state index contributed by atoms with van der Waals surface area (Å²) in [4.78, 5) is 11.8. The molecule has 0 fully saturated rings. The van der Waals surface area contributed by atoms with Crippen LogP contribution in [0, 0.1) is 13.8 Å². The minimum atomic E-state index is -0.00435. The van der Waals surface area contributed by atoms with Gasteiger partial charge in [0, 0.05) is 35.8 Å². The molecule has 1 aromatic carbocycles. The van der Waals surface area contributed by atoms with Crippen molar-refractivity contribution in [3.8, 4) is 0 Å². The van der Waals surface area contributed by atoms with Gasteiger partial charge in [-0.2, -0.15) is 0 Å². The van der Waals surface area contributed by atoms with Gasteiger partial charge in [0.2, 0.25) is 0 Å². The first-order valence-corrected chi connectivity index (χ1v) is 5.90. The molecule has 90 valence electrons. The van der Waals surface area contributed by atoms with Crippen molar-refractivity contribution in [3.63, 3.8) is 0 Å². The molecule has 0 radical (unpaired) electrons. The Morgan fingerprint density at radius 1 is 1.35 bits per heavy atom. The molecule has 0 bridgehead atoms. The van der Waals surface area contributed by atoms with Crippen molar-refractivity contribution < 1.29 is 4.79 Å². The molecule has 0 saturated heterocycles. The lowest BCUT2D eigenvalue weighted by atomic mass is 10.1. The number of benzene rings is 1. The number of aryl methyl sites for hydroxylation is 2. The zero-order valence-corrected chi connectivity index (χ0v) is 10.8. The summed E-state index contributed by atoms with van der Waals surface area (Å²) in [7, 11) is 2.05. The summed E-state index contributed by atoms with van der Waals surface area (Å²) in [6.07, 6.45) is 0. The van der Waals surface area contributed by atoms with Gasteiger partial charge in [0.1, 0.15) is 0 Å². The summed E-state index contributed by atoms with van der Waals surface area (Å²) in [5, 5.41) is 3.98. The van der Waals surface area contributed by atoms with E-state index in [0.29, 0.717) is 6.54 Å². The molecule has 2 aromatic rings. The van der Waals surface area contributed by atoms with Gasteiger partial charge in [-0.05, 0) is 44.5 Å². The minimum Gasteiger partial charge on any atom is -0.352 e. The number of hydrogen-bond donors (Lipinski definition) is 1. The van der Waals surface area contributed by atoms with E-state index in [2.05, 4.69) is 30.8 Å². The Morgan fingerprint density at radius 3 is 2.71 bits per heavy atom. The van der Waals surface area contributed by atoms with Crippen molar-refractivity contribution in [1.82, 2.24) is 9.88 Å². The third kappa shape index (κ3) is 1.82. The van der Waals surface area contributed by atoms with Crippen LogP contribution in [0.4, 0.5) is 0 Å². The highest BCUT2D eigenvalue weighted by Gasteiger charge is 2.11. The van der Waals surface area contributed by atoms with Gasteiger partial charge < -0.3 is 9.88 Å². The van der Waals surface area contributed by atoms with Gasteiger partial charge in [-0.1, -0.05) is 0 Å². The average molecular weight is 230 g/mol. The first-order valence-electron chi connectivity index (χ1n) is 5.90. The SMILES string of the molecule is CCNC(=O)c1ccc2c(c1)c(C)c(C)n2C. The second-order valence-electron chi connectivity index (χ2n) is 4.36. The molecular formula is C14H18N2O. The summed E-state index contributed by atoms with van der Waals surface area (Å²) in [6.45, 7) is 6.78. The standard InChI is InChI=1S/C14H18N2O/c1-5-15-14(17)11-6-7-13-12(8-11)9(2)10(3)16(13)4/h6-8H,5H2,1-4H3,(H,15,17). The van der Waals surface area contributed by atoms with E-state index in [0.717, 1.165) is 10.9 Å². The predicted octanol–water partition coefficient (Wildman–Crippen LogP) is 2.54. The van der Waals surface area contributed by atoms with Crippen molar-refractivity contribution >= 4 is 16.8 Å². The van der Waals surface area contributed by atoms with Crippen LogP contribution in [0.15, 0.2) is 18.2 Å². The molecule has 2 rings (SSSR count). The lowest BCUT2D eigenvalue weighted by Gasteiger charge is -2.03. The Balaban J connectivity index is 2.58. The highest BCUT2D eigenvalue weighted by Crippen LogP contribution is 2.25. The van der Waals surface area contributed by atoms with Gasteiger partial charge in [0.15, 0.2) is 0 Å². The summed E-state index contributed by atoms with van der Waals surface area (Å²) < 4.78 is 2.16. The molecule has 0 atom stereocenters. The Morgan fingerprint density at radius 2 is 2.06 bits per heavy atom. The number of fused-ring (bicyclic) bond motifs is 1. The molecule has 3 heteroatoms. The topological polar surface area (TPSA) is 34.0 Å². The summed E-state index contributed by atoms with van der Waals surface area (Å²) in [5.41, 5.74) is 4.39. The van der Waals surface area contributed by atoms with Gasteiger partial charge in [0.05, 0.1) is 0 Å². The molecule has 3 nitrogen and oxygen atoms in total. The number of carbonyl (C=O) groups excluding carboxylic acids is 1. The summed E-state index contributed by atoms with van der Waals surface area (Å²) in [5.74, 6) is -0.00435. The molecule has 1 heterocycles. The maximum atomic E-state index is 11.8. The maximum absolute atomic E-state index is 11.8. The molecular weight excluding hydrogens is 212 g/mol. The molecule has 1 N–H and O–H groups in total. The van der Waals surface area contributed by atoms with Crippen LogP contribution in [0.5, 0.6) is 0 Å². The van der Waals surface area contributed by atoms with Crippen LogP contribution >= 0.6 is 0 Å². The van der Waals surface area contributed by atoms with E-state index in [1.165, 1.54) is 16.8 Å². The van der Waals surface area contributed by atoms with E-state index in [1.807, 2.05) is 25.1 Å². The van der Waals surface area contributed by atoms with Crippen LogP contribution in [0.3, 0.4) is 0 Å². The molecule has 1 amide bonds. The largest absolute Gasteiger partial charge is 0.352 e. The first kappa shape index (κ1) is 11.7. The van der Waals surface area contributed by atoms with Gasteiger partial charge in [-0.25, -0.2) is 0 Å². The maximum Gasteiger partial charge on any atom is 0.251 e. The Labute approximate surface area is 101 Å². The fraction of sp³-hybridized carbons (Fsp3) is 0.357. The first-order chi connectivity index (χ1) is 8.06.